The van der Waals surface area contributed by atoms with E-state index in [0.29, 0.717) is 5.57 Å². The number of rotatable bonds is 3. The second-order valence-corrected chi connectivity index (χ2v) is 2.35. The van der Waals surface area contributed by atoms with Gasteiger partial charge in [0.25, 0.3) is 11.8 Å². The zero-order chi connectivity index (χ0) is 9.72. The molecule has 0 aliphatic rings. The van der Waals surface area contributed by atoms with Gasteiger partial charge < -0.3 is 11.1 Å². The Morgan fingerprint density at radius 1 is 1.50 bits per heavy atom. The van der Waals surface area contributed by atoms with Crippen molar-refractivity contribution < 1.29 is 9.59 Å². The average molecular weight is 168 g/mol. The summed E-state index contributed by atoms with van der Waals surface area (Å²) in [5, 5.41) is 2.30. The highest BCUT2D eigenvalue weighted by Crippen LogP contribution is 1.99. The summed E-state index contributed by atoms with van der Waals surface area (Å²) in [5.74, 6) is -1.25. The van der Waals surface area contributed by atoms with Gasteiger partial charge in [-0.1, -0.05) is 12.2 Å². The van der Waals surface area contributed by atoms with Crippen molar-refractivity contribution in [3.63, 3.8) is 0 Å². The molecule has 0 aliphatic carbocycles. The lowest BCUT2D eigenvalue weighted by Gasteiger charge is -2.00. The maximum atomic E-state index is 11.0. The summed E-state index contributed by atoms with van der Waals surface area (Å²) in [6.45, 7) is 5.20. The molecule has 3 N–H and O–H groups in total. The first-order chi connectivity index (χ1) is 5.49. The first kappa shape index (κ1) is 10.4. The quantitative estimate of drug-likeness (QED) is 0.263. The maximum absolute atomic E-state index is 11.0. The molecule has 0 aromatic heterocycles. The molecule has 0 saturated heterocycles. The molecule has 0 fully saturated rings. The van der Waals surface area contributed by atoms with Crippen molar-refractivity contribution in [2.24, 2.45) is 5.73 Å². The van der Waals surface area contributed by atoms with Crippen LogP contribution in [-0.2, 0) is 9.59 Å². The third kappa shape index (κ3) is 3.01. The lowest BCUT2D eigenvalue weighted by molar-refractivity contribution is -0.121. The van der Waals surface area contributed by atoms with Crippen molar-refractivity contribution in [3.05, 3.63) is 23.8 Å². The van der Waals surface area contributed by atoms with Gasteiger partial charge in [0.2, 0.25) is 0 Å². The Morgan fingerprint density at radius 3 is 2.25 bits per heavy atom. The molecule has 0 radical (unpaired) electrons. The topological polar surface area (TPSA) is 72.2 Å². The second kappa shape index (κ2) is 4.33. The number of amides is 2. The monoisotopic (exact) mass is 168 g/mol. The number of carbonyl (C=O) groups is 2. The fraction of sp³-hybridized carbons (Fsp3) is 0.250. The molecule has 0 spiro atoms. The summed E-state index contributed by atoms with van der Waals surface area (Å²) >= 11 is 0. The van der Waals surface area contributed by atoms with Gasteiger partial charge in [-0.3, -0.25) is 9.59 Å². The van der Waals surface area contributed by atoms with Gasteiger partial charge in [0.05, 0.1) is 0 Å². The zero-order valence-electron chi connectivity index (χ0n) is 7.18. The standard InChI is InChI=1S/C8H12N2O2/c1-5(2)4-6(7(9)11)8(12)10-3/h4H,1H2,2-3H3,(H2,9,11)(H,10,12)/b6-4+. The van der Waals surface area contributed by atoms with Gasteiger partial charge in [0, 0.05) is 7.05 Å². The molecule has 4 nitrogen and oxygen atoms in total. The average Bonchev–Trinajstić information content (AvgIpc) is 1.98. The van der Waals surface area contributed by atoms with Crippen LogP contribution in [0.3, 0.4) is 0 Å². The summed E-state index contributed by atoms with van der Waals surface area (Å²) < 4.78 is 0. The Kier molecular flexibility index (Phi) is 3.76. The predicted molar refractivity (Wildman–Crippen MR) is 46.2 cm³/mol. The Labute approximate surface area is 71.1 Å². The Balaban J connectivity index is 4.79. The minimum atomic E-state index is -0.752. The van der Waals surface area contributed by atoms with Crippen LogP contribution in [0.1, 0.15) is 6.92 Å². The molecule has 0 unspecified atom stereocenters. The lowest BCUT2D eigenvalue weighted by Crippen LogP contribution is -2.28. The van der Waals surface area contributed by atoms with Crippen LogP contribution in [0.25, 0.3) is 0 Å². The van der Waals surface area contributed by atoms with E-state index in [2.05, 4.69) is 11.9 Å². The first-order valence-electron chi connectivity index (χ1n) is 3.38. The molecule has 0 aromatic rings. The minimum Gasteiger partial charge on any atom is -0.365 e. The third-order valence-electron chi connectivity index (χ3n) is 1.13. The summed E-state index contributed by atoms with van der Waals surface area (Å²) in [6.07, 6.45) is 1.35. The van der Waals surface area contributed by atoms with Gasteiger partial charge in [0.1, 0.15) is 5.57 Å². The Bertz CT molecular complexity index is 254. The van der Waals surface area contributed by atoms with E-state index in [0.717, 1.165) is 0 Å². The number of nitrogens with one attached hydrogen (secondary N) is 1. The van der Waals surface area contributed by atoms with Crippen LogP contribution in [-0.4, -0.2) is 18.9 Å². The molecule has 0 aromatic carbocycles. The van der Waals surface area contributed by atoms with E-state index in [4.69, 9.17) is 5.73 Å². The van der Waals surface area contributed by atoms with Crippen molar-refractivity contribution in [2.75, 3.05) is 7.05 Å². The van der Waals surface area contributed by atoms with E-state index in [1.807, 2.05) is 0 Å². The summed E-state index contributed by atoms with van der Waals surface area (Å²) in [5.41, 5.74) is 5.48. The van der Waals surface area contributed by atoms with Crippen LogP contribution in [0.15, 0.2) is 23.8 Å². The van der Waals surface area contributed by atoms with E-state index in [-0.39, 0.29) is 5.57 Å². The number of carbonyl (C=O) groups excluding carboxylic acids is 2. The molecule has 0 saturated carbocycles. The molecule has 0 rings (SSSR count). The molecule has 0 heterocycles. The highest BCUT2D eigenvalue weighted by atomic mass is 16.2. The van der Waals surface area contributed by atoms with E-state index in [9.17, 15) is 9.59 Å². The van der Waals surface area contributed by atoms with Crippen molar-refractivity contribution in [2.45, 2.75) is 6.92 Å². The van der Waals surface area contributed by atoms with Crippen LogP contribution in [0.4, 0.5) is 0 Å². The molecule has 2 amide bonds. The fourth-order valence-corrected chi connectivity index (χ4v) is 0.630. The van der Waals surface area contributed by atoms with Crippen molar-refractivity contribution in [3.8, 4) is 0 Å². The number of nitrogens with two attached hydrogens (primary N) is 1. The number of hydrogen-bond donors (Lipinski definition) is 2. The van der Waals surface area contributed by atoms with Gasteiger partial charge in [0.15, 0.2) is 0 Å². The molecule has 12 heavy (non-hydrogen) atoms. The normalized spacial score (nSPS) is 10.7. The molecule has 66 valence electrons. The van der Waals surface area contributed by atoms with Gasteiger partial charge in [-0.05, 0) is 13.0 Å². The van der Waals surface area contributed by atoms with Crippen molar-refractivity contribution in [1.82, 2.24) is 5.32 Å². The summed E-state index contributed by atoms with van der Waals surface area (Å²) in [7, 11) is 1.43. The summed E-state index contributed by atoms with van der Waals surface area (Å²) in [6, 6.07) is 0. The fourth-order valence-electron chi connectivity index (χ4n) is 0.630. The Morgan fingerprint density at radius 2 is 2.00 bits per heavy atom. The second-order valence-electron chi connectivity index (χ2n) is 2.35. The number of likely N-dealkylation sites (N-methyl/N-ethyl adjacent to an activating group) is 1. The van der Waals surface area contributed by atoms with Crippen LogP contribution in [0.5, 0.6) is 0 Å². The smallest absolute Gasteiger partial charge is 0.256 e. The van der Waals surface area contributed by atoms with Crippen molar-refractivity contribution >= 4 is 11.8 Å². The number of hydrogen-bond acceptors (Lipinski definition) is 2. The minimum absolute atomic E-state index is 0.0787. The van der Waals surface area contributed by atoms with E-state index in [1.165, 1.54) is 13.1 Å². The van der Waals surface area contributed by atoms with Crippen molar-refractivity contribution in [1.29, 1.82) is 0 Å². The summed E-state index contributed by atoms with van der Waals surface area (Å²) in [4.78, 5) is 21.7. The van der Waals surface area contributed by atoms with Gasteiger partial charge >= 0.3 is 0 Å². The van der Waals surface area contributed by atoms with E-state index < -0.39 is 11.8 Å². The number of primary amides is 1. The van der Waals surface area contributed by atoms with Crippen LogP contribution in [0.2, 0.25) is 0 Å². The Hall–Kier alpha value is -1.58. The van der Waals surface area contributed by atoms with Crippen LogP contribution < -0.4 is 11.1 Å². The maximum Gasteiger partial charge on any atom is 0.256 e. The zero-order valence-corrected chi connectivity index (χ0v) is 7.18. The largest absolute Gasteiger partial charge is 0.365 e. The lowest BCUT2D eigenvalue weighted by atomic mass is 10.1. The van der Waals surface area contributed by atoms with Gasteiger partial charge in [-0.15, -0.1) is 0 Å². The van der Waals surface area contributed by atoms with E-state index >= 15 is 0 Å². The first-order valence-corrected chi connectivity index (χ1v) is 3.38. The van der Waals surface area contributed by atoms with Crippen LogP contribution in [0, 0.1) is 0 Å². The molecule has 0 atom stereocenters. The van der Waals surface area contributed by atoms with Crippen LogP contribution >= 0.6 is 0 Å². The molecule has 4 heteroatoms. The molecule has 0 aliphatic heterocycles. The highest BCUT2D eigenvalue weighted by molar-refractivity contribution is 6.18. The van der Waals surface area contributed by atoms with E-state index in [1.54, 1.807) is 6.92 Å². The predicted octanol–water partition coefficient (Wildman–Crippen LogP) is -0.280. The number of allylic oxidation sites excluding steroid dienone is 2. The SMILES string of the molecule is C=C(C)/C=C(\C(N)=O)C(=O)NC. The molecular weight excluding hydrogens is 156 g/mol. The van der Waals surface area contributed by atoms with Gasteiger partial charge in [-0.2, -0.15) is 0 Å². The molecular formula is C8H12N2O2. The highest BCUT2D eigenvalue weighted by Gasteiger charge is 2.12. The third-order valence-corrected chi connectivity index (χ3v) is 1.13. The van der Waals surface area contributed by atoms with Gasteiger partial charge in [-0.25, -0.2) is 0 Å². The molecule has 0 bridgehead atoms.